The van der Waals surface area contributed by atoms with Crippen molar-refractivity contribution >= 4 is 16.8 Å². The molecule has 0 aliphatic carbocycles. The van der Waals surface area contributed by atoms with Gasteiger partial charge >= 0.3 is 0 Å². The van der Waals surface area contributed by atoms with E-state index >= 15 is 0 Å². The summed E-state index contributed by atoms with van der Waals surface area (Å²) in [5.74, 6) is 0.689. The Labute approximate surface area is 161 Å². The van der Waals surface area contributed by atoms with Gasteiger partial charge in [-0.15, -0.1) is 0 Å². The molecule has 0 bridgehead atoms. The van der Waals surface area contributed by atoms with Crippen LogP contribution in [0.1, 0.15) is 64.5 Å². The first-order valence-electron chi connectivity index (χ1n) is 9.66. The molecule has 2 heterocycles. The van der Waals surface area contributed by atoms with Crippen LogP contribution in [0.4, 0.5) is 0 Å². The zero-order chi connectivity index (χ0) is 20.0. The average molecular weight is 364 g/mol. The molecule has 0 radical (unpaired) electrons. The molecule has 4 nitrogen and oxygen atoms in total. The molecule has 3 aromatic rings. The lowest BCUT2D eigenvalue weighted by Gasteiger charge is -2.16. The number of fused-ring (bicyclic) bond motifs is 1. The van der Waals surface area contributed by atoms with Gasteiger partial charge in [-0.05, 0) is 64.7 Å². The predicted molar refractivity (Wildman–Crippen MR) is 111 cm³/mol. The molecule has 1 aromatic carbocycles. The SMILES string of the molecule is CCC(C)C(=O)c1nc(C)nc2c1c(C)c(C)n2-c1c(C)cc(C)cc1C. The van der Waals surface area contributed by atoms with E-state index in [4.69, 9.17) is 4.98 Å². The molecule has 0 amide bonds. The molecule has 0 aliphatic rings. The molecule has 3 rings (SSSR count). The Kier molecular flexibility index (Phi) is 4.94. The van der Waals surface area contributed by atoms with Crippen LogP contribution < -0.4 is 0 Å². The highest BCUT2D eigenvalue weighted by Crippen LogP contribution is 2.33. The van der Waals surface area contributed by atoms with Gasteiger partial charge in [0.15, 0.2) is 5.78 Å². The van der Waals surface area contributed by atoms with Gasteiger partial charge in [0.1, 0.15) is 17.2 Å². The van der Waals surface area contributed by atoms with Gasteiger partial charge in [-0.25, -0.2) is 9.97 Å². The third-order valence-electron chi connectivity index (χ3n) is 5.62. The van der Waals surface area contributed by atoms with Crippen LogP contribution in [0.5, 0.6) is 0 Å². The molecule has 1 unspecified atom stereocenters. The second-order valence-electron chi connectivity index (χ2n) is 7.78. The van der Waals surface area contributed by atoms with E-state index in [9.17, 15) is 4.79 Å². The van der Waals surface area contributed by atoms with Crippen molar-refractivity contribution in [3.05, 3.63) is 51.6 Å². The maximum Gasteiger partial charge on any atom is 0.184 e. The molecule has 4 heteroatoms. The van der Waals surface area contributed by atoms with E-state index in [-0.39, 0.29) is 11.7 Å². The van der Waals surface area contributed by atoms with E-state index < -0.39 is 0 Å². The molecule has 0 fully saturated rings. The minimum atomic E-state index is -0.0478. The maximum absolute atomic E-state index is 13.0. The van der Waals surface area contributed by atoms with Crippen molar-refractivity contribution in [2.75, 3.05) is 0 Å². The minimum absolute atomic E-state index is 0.0478. The number of aryl methyl sites for hydroxylation is 5. The maximum atomic E-state index is 13.0. The lowest BCUT2D eigenvalue weighted by molar-refractivity contribution is 0.0923. The number of rotatable bonds is 4. The Balaban J connectivity index is 2.43. The summed E-state index contributed by atoms with van der Waals surface area (Å²) >= 11 is 0. The van der Waals surface area contributed by atoms with Crippen LogP contribution >= 0.6 is 0 Å². The van der Waals surface area contributed by atoms with E-state index in [0.717, 1.165) is 34.4 Å². The highest BCUT2D eigenvalue weighted by molar-refractivity contribution is 6.07. The molecule has 27 heavy (non-hydrogen) atoms. The summed E-state index contributed by atoms with van der Waals surface area (Å²) in [5, 5.41) is 0.891. The Morgan fingerprint density at radius 3 is 2.19 bits per heavy atom. The topological polar surface area (TPSA) is 47.8 Å². The van der Waals surface area contributed by atoms with Crippen molar-refractivity contribution in [2.24, 2.45) is 5.92 Å². The van der Waals surface area contributed by atoms with Gasteiger partial charge in [0.05, 0.1) is 11.1 Å². The molecular weight excluding hydrogens is 334 g/mol. The molecular formula is C23H29N3O. The van der Waals surface area contributed by atoms with Crippen molar-refractivity contribution in [3.8, 4) is 5.69 Å². The summed E-state index contributed by atoms with van der Waals surface area (Å²) < 4.78 is 2.21. The Bertz CT molecular complexity index is 1040. The summed E-state index contributed by atoms with van der Waals surface area (Å²) in [4.78, 5) is 22.4. The second-order valence-corrected chi connectivity index (χ2v) is 7.78. The number of aromatic nitrogens is 3. The van der Waals surface area contributed by atoms with Crippen LogP contribution in [-0.2, 0) is 0 Å². The van der Waals surface area contributed by atoms with Crippen LogP contribution in [0.25, 0.3) is 16.7 Å². The molecule has 0 saturated carbocycles. The summed E-state index contributed by atoms with van der Waals surface area (Å²) in [6.45, 7) is 16.4. The van der Waals surface area contributed by atoms with Crippen molar-refractivity contribution in [2.45, 2.75) is 61.8 Å². The smallest absolute Gasteiger partial charge is 0.184 e. The Hall–Kier alpha value is -2.49. The highest BCUT2D eigenvalue weighted by atomic mass is 16.1. The average Bonchev–Trinajstić information content (AvgIpc) is 2.84. The van der Waals surface area contributed by atoms with Crippen molar-refractivity contribution in [1.29, 1.82) is 0 Å². The number of benzene rings is 1. The van der Waals surface area contributed by atoms with Crippen molar-refractivity contribution < 1.29 is 4.79 Å². The zero-order valence-electron chi connectivity index (χ0n) is 17.7. The minimum Gasteiger partial charge on any atom is -0.298 e. The van der Waals surface area contributed by atoms with E-state index in [1.165, 1.54) is 16.7 Å². The van der Waals surface area contributed by atoms with Crippen LogP contribution in [0.3, 0.4) is 0 Å². The zero-order valence-corrected chi connectivity index (χ0v) is 17.7. The highest BCUT2D eigenvalue weighted by Gasteiger charge is 2.25. The molecule has 1 atom stereocenters. The number of carbonyl (C=O) groups excluding carboxylic acids is 1. The first-order valence-corrected chi connectivity index (χ1v) is 9.66. The lowest BCUT2D eigenvalue weighted by atomic mass is 9.98. The van der Waals surface area contributed by atoms with Crippen LogP contribution in [0.15, 0.2) is 12.1 Å². The number of hydrogen-bond donors (Lipinski definition) is 0. The third-order valence-corrected chi connectivity index (χ3v) is 5.62. The van der Waals surface area contributed by atoms with Crippen molar-refractivity contribution in [3.63, 3.8) is 0 Å². The van der Waals surface area contributed by atoms with Gasteiger partial charge in [-0.1, -0.05) is 31.5 Å². The number of ketones is 1. The van der Waals surface area contributed by atoms with E-state index in [1.54, 1.807) is 0 Å². The summed E-state index contributed by atoms with van der Waals surface area (Å²) in [6, 6.07) is 4.39. The normalized spacial score (nSPS) is 12.6. The largest absolute Gasteiger partial charge is 0.298 e. The van der Waals surface area contributed by atoms with Gasteiger partial charge in [0, 0.05) is 11.6 Å². The van der Waals surface area contributed by atoms with Gasteiger partial charge in [0.2, 0.25) is 0 Å². The van der Waals surface area contributed by atoms with Crippen LogP contribution in [-0.4, -0.2) is 20.3 Å². The molecule has 0 saturated heterocycles. The van der Waals surface area contributed by atoms with Crippen LogP contribution in [0.2, 0.25) is 0 Å². The second kappa shape index (κ2) is 6.91. The summed E-state index contributed by atoms with van der Waals surface area (Å²) in [7, 11) is 0. The fraction of sp³-hybridized carbons (Fsp3) is 0.435. The quantitative estimate of drug-likeness (QED) is 0.575. The third kappa shape index (κ3) is 3.07. The van der Waals surface area contributed by atoms with Gasteiger partial charge in [-0.2, -0.15) is 0 Å². The van der Waals surface area contributed by atoms with E-state index in [1.807, 2.05) is 20.8 Å². The standard InChI is InChI=1S/C23H29N3O/c1-9-13(3)22(27)20-19-16(6)17(7)26(23(19)25-18(8)24-20)21-14(4)10-12(2)11-15(21)5/h10-11,13H,9H2,1-8H3. The Morgan fingerprint density at radius 1 is 1.04 bits per heavy atom. The molecule has 2 aromatic heterocycles. The van der Waals surface area contributed by atoms with Gasteiger partial charge in [-0.3, -0.25) is 9.36 Å². The summed E-state index contributed by atoms with van der Waals surface area (Å²) in [5.41, 5.74) is 8.40. The monoisotopic (exact) mass is 363 g/mol. The van der Waals surface area contributed by atoms with Crippen LogP contribution in [0, 0.1) is 47.5 Å². The number of carbonyl (C=O) groups is 1. The molecule has 0 spiro atoms. The molecule has 142 valence electrons. The van der Waals surface area contributed by atoms with E-state index in [0.29, 0.717) is 11.5 Å². The summed E-state index contributed by atoms with van der Waals surface area (Å²) in [6.07, 6.45) is 0.804. The predicted octanol–water partition coefficient (Wildman–Crippen LogP) is 5.50. The van der Waals surface area contributed by atoms with Gasteiger partial charge < -0.3 is 0 Å². The van der Waals surface area contributed by atoms with Crippen molar-refractivity contribution in [1.82, 2.24) is 14.5 Å². The fourth-order valence-electron chi connectivity index (χ4n) is 3.97. The number of nitrogens with zero attached hydrogens (tertiary/aromatic N) is 3. The molecule has 0 N–H and O–H groups in total. The number of hydrogen-bond acceptors (Lipinski definition) is 3. The Morgan fingerprint density at radius 2 is 1.63 bits per heavy atom. The first kappa shape index (κ1) is 19.3. The fourth-order valence-corrected chi connectivity index (χ4v) is 3.97. The lowest BCUT2D eigenvalue weighted by Crippen LogP contribution is -2.14. The van der Waals surface area contributed by atoms with E-state index in [2.05, 4.69) is 56.3 Å². The molecule has 0 aliphatic heterocycles. The first-order chi connectivity index (χ1) is 12.7. The number of Topliss-reactive ketones (excluding diaryl/α,β-unsaturated/α-hetero) is 1. The van der Waals surface area contributed by atoms with Gasteiger partial charge in [0.25, 0.3) is 0 Å².